The lowest BCUT2D eigenvalue weighted by Crippen LogP contribution is -2.48. The Kier molecular flexibility index (Phi) is 3.58. The first kappa shape index (κ1) is 14.0. The van der Waals surface area contributed by atoms with E-state index >= 15 is 0 Å². The number of carbonyl (C=O) groups is 1. The van der Waals surface area contributed by atoms with E-state index in [1.165, 1.54) is 4.90 Å². The molecule has 1 unspecified atom stereocenters. The first-order chi connectivity index (χ1) is 8.22. The fraction of sp³-hybridized carbons (Fsp3) is 0.545. The number of nitrogens with zero attached hydrogens (tertiary/aromatic N) is 1. The lowest BCUT2D eigenvalue weighted by Gasteiger charge is -2.31. The van der Waals surface area contributed by atoms with Crippen LogP contribution in [-0.4, -0.2) is 26.9 Å². The summed E-state index contributed by atoms with van der Waals surface area (Å²) in [4.78, 5) is 13.4. The van der Waals surface area contributed by atoms with E-state index in [0.29, 0.717) is 5.76 Å². The average Bonchev–Trinajstić information content (AvgIpc) is 2.81. The molecular formula is C11H12Cl3NO3. The molecule has 1 atom stereocenters. The van der Waals surface area contributed by atoms with Crippen molar-refractivity contribution in [2.24, 2.45) is 0 Å². The Morgan fingerprint density at radius 3 is 2.67 bits per heavy atom. The Balaban J connectivity index is 2.21. The molecule has 100 valence electrons. The molecule has 0 N–H and O–H groups in total. The van der Waals surface area contributed by atoms with Crippen LogP contribution >= 0.6 is 34.8 Å². The summed E-state index contributed by atoms with van der Waals surface area (Å²) in [7, 11) is 0. The molecule has 0 saturated carbocycles. The van der Waals surface area contributed by atoms with Crippen molar-refractivity contribution in [3.8, 4) is 0 Å². The minimum atomic E-state index is -1.99. The standard InChI is InChI=1S/C11H12Cl3NO3/c1-10(2)15(9(16)11(12,13)14)6-8(18-10)7-4-3-5-17-7/h3-5,8H,6H2,1-2H3. The third-order valence-electron chi connectivity index (χ3n) is 2.78. The van der Waals surface area contributed by atoms with Gasteiger partial charge in [0.2, 0.25) is 0 Å². The van der Waals surface area contributed by atoms with E-state index < -0.39 is 15.4 Å². The molecule has 1 saturated heterocycles. The molecule has 1 aromatic rings. The molecule has 0 spiro atoms. The largest absolute Gasteiger partial charge is 0.467 e. The number of hydrogen-bond donors (Lipinski definition) is 0. The Hall–Kier alpha value is -0.420. The van der Waals surface area contributed by atoms with Gasteiger partial charge in [0.05, 0.1) is 12.8 Å². The van der Waals surface area contributed by atoms with Crippen molar-refractivity contribution in [2.75, 3.05) is 6.54 Å². The summed E-state index contributed by atoms with van der Waals surface area (Å²) in [6, 6.07) is 3.54. The second-order valence-electron chi connectivity index (χ2n) is 4.48. The van der Waals surface area contributed by atoms with Crippen LogP contribution in [0.4, 0.5) is 0 Å². The SMILES string of the molecule is CC1(C)OC(c2ccco2)CN1C(=O)C(Cl)(Cl)Cl. The van der Waals surface area contributed by atoms with Crippen molar-refractivity contribution in [3.63, 3.8) is 0 Å². The highest BCUT2D eigenvalue weighted by Crippen LogP contribution is 2.40. The summed E-state index contributed by atoms with van der Waals surface area (Å²) >= 11 is 16.9. The molecular weight excluding hydrogens is 300 g/mol. The van der Waals surface area contributed by atoms with Crippen LogP contribution in [0.3, 0.4) is 0 Å². The van der Waals surface area contributed by atoms with Gasteiger partial charge < -0.3 is 14.1 Å². The zero-order valence-electron chi connectivity index (χ0n) is 9.82. The topological polar surface area (TPSA) is 42.7 Å². The highest BCUT2D eigenvalue weighted by molar-refractivity contribution is 6.76. The van der Waals surface area contributed by atoms with Crippen LogP contribution in [0.25, 0.3) is 0 Å². The smallest absolute Gasteiger partial charge is 0.277 e. The maximum absolute atomic E-state index is 12.0. The summed E-state index contributed by atoms with van der Waals surface area (Å²) in [6.07, 6.45) is 1.19. The number of carbonyl (C=O) groups excluding carboxylic acids is 1. The maximum atomic E-state index is 12.0. The fourth-order valence-corrected chi connectivity index (χ4v) is 2.24. The molecule has 1 aliphatic rings. The third-order valence-corrected chi connectivity index (χ3v) is 3.26. The minimum Gasteiger partial charge on any atom is -0.467 e. The van der Waals surface area contributed by atoms with Gasteiger partial charge in [-0.1, -0.05) is 34.8 Å². The van der Waals surface area contributed by atoms with Crippen LogP contribution in [0.5, 0.6) is 0 Å². The predicted molar refractivity (Wildman–Crippen MR) is 68.6 cm³/mol. The van der Waals surface area contributed by atoms with Crippen LogP contribution in [0, 0.1) is 0 Å². The van der Waals surface area contributed by atoms with Gasteiger partial charge in [-0.25, -0.2) is 0 Å². The molecule has 0 aromatic carbocycles. The van der Waals surface area contributed by atoms with E-state index in [2.05, 4.69) is 0 Å². The Bertz CT molecular complexity index is 439. The van der Waals surface area contributed by atoms with Crippen molar-refractivity contribution in [1.82, 2.24) is 4.90 Å². The van der Waals surface area contributed by atoms with Gasteiger partial charge in [0, 0.05) is 0 Å². The minimum absolute atomic E-state index is 0.285. The van der Waals surface area contributed by atoms with Gasteiger partial charge in [0.15, 0.2) is 0 Å². The third kappa shape index (κ3) is 2.62. The lowest BCUT2D eigenvalue weighted by atomic mass is 10.2. The van der Waals surface area contributed by atoms with Crippen LogP contribution in [0.2, 0.25) is 0 Å². The number of rotatable bonds is 1. The number of halogens is 3. The molecule has 1 fully saturated rings. The molecule has 7 heteroatoms. The van der Waals surface area contributed by atoms with Crippen molar-refractivity contribution < 1.29 is 13.9 Å². The van der Waals surface area contributed by atoms with Crippen LogP contribution in [-0.2, 0) is 9.53 Å². The molecule has 1 aromatic heterocycles. The number of hydrogen-bond acceptors (Lipinski definition) is 3. The van der Waals surface area contributed by atoms with Gasteiger partial charge in [0.25, 0.3) is 9.70 Å². The van der Waals surface area contributed by atoms with Gasteiger partial charge in [-0.15, -0.1) is 0 Å². The highest BCUT2D eigenvalue weighted by Gasteiger charge is 2.49. The summed E-state index contributed by atoms with van der Waals surface area (Å²) < 4.78 is 9.03. The van der Waals surface area contributed by atoms with Crippen molar-refractivity contribution in [3.05, 3.63) is 24.2 Å². The van der Waals surface area contributed by atoms with Gasteiger partial charge in [-0.05, 0) is 26.0 Å². The molecule has 2 rings (SSSR count). The molecule has 4 nitrogen and oxygen atoms in total. The van der Waals surface area contributed by atoms with Gasteiger partial charge in [-0.2, -0.15) is 0 Å². The van der Waals surface area contributed by atoms with E-state index in [4.69, 9.17) is 44.0 Å². The van der Waals surface area contributed by atoms with Crippen LogP contribution in [0.15, 0.2) is 22.8 Å². The van der Waals surface area contributed by atoms with E-state index in [1.807, 2.05) is 0 Å². The number of furan rings is 1. The van der Waals surface area contributed by atoms with E-state index in [9.17, 15) is 4.79 Å². The van der Waals surface area contributed by atoms with E-state index in [-0.39, 0.29) is 12.6 Å². The van der Waals surface area contributed by atoms with Crippen molar-refractivity contribution in [1.29, 1.82) is 0 Å². The van der Waals surface area contributed by atoms with Gasteiger partial charge >= 0.3 is 0 Å². The van der Waals surface area contributed by atoms with Gasteiger partial charge in [-0.3, -0.25) is 4.79 Å². The zero-order chi connectivity index (χ0) is 13.6. The highest BCUT2D eigenvalue weighted by atomic mass is 35.6. The fourth-order valence-electron chi connectivity index (χ4n) is 1.94. The second-order valence-corrected chi connectivity index (χ2v) is 6.76. The maximum Gasteiger partial charge on any atom is 0.277 e. The molecule has 18 heavy (non-hydrogen) atoms. The Labute approximate surface area is 120 Å². The number of ether oxygens (including phenoxy) is 1. The van der Waals surface area contributed by atoms with Crippen LogP contribution < -0.4 is 0 Å². The molecule has 0 aliphatic carbocycles. The van der Waals surface area contributed by atoms with E-state index in [1.54, 1.807) is 32.2 Å². The number of alkyl halides is 3. The lowest BCUT2D eigenvalue weighted by molar-refractivity contribution is -0.145. The molecule has 0 radical (unpaired) electrons. The quantitative estimate of drug-likeness (QED) is 0.747. The average molecular weight is 313 g/mol. The zero-order valence-corrected chi connectivity index (χ0v) is 12.1. The molecule has 1 aliphatic heterocycles. The van der Waals surface area contributed by atoms with E-state index in [0.717, 1.165) is 0 Å². The molecule has 2 heterocycles. The molecule has 1 amide bonds. The summed E-state index contributed by atoms with van der Waals surface area (Å²) in [5.74, 6) is 0.0363. The van der Waals surface area contributed by atoms with Crippen molar-refractivity contribution >= 4 is 40.7 Å². The summed E-state index contributed by atoms with van der Waals surface area (Å²) in [5, 5.41) is 0. The second kappa shape index (κ2) is 4.60. The monoisotopic (exact) mass is 311 g/mol. The molecule has 0 bridgehead atoms. The first-order valence-electron chi connectivity index (χ1n) is 5.32. The normalized spacial score (nSPS) is 23.4. The first-order valence-corrected chi connectivity index (χ1v) is 6.45. The van der Waals surface area contributed by atoms with Crippen molar-refractivity contribution in [2.45, 2.75) is 29.5 Å². The van der Waals surface area contributed by atoms with Gasteiger partial charge in [0.1, 0.15) is 17.6 Å². The summed E-state index contributed by atoms with van der Waals surface area (Å²) in [5.41, 5.74) is -0.849. The number of amides is 1. The Morgan fingerprint density at radius 1 is 1.50 bits per heavy atom. The summed E-state index contributed by atoms with van der Waals surface area (Å²) in [6.45, 7) is 3.77. The predicted octanol–water partition coefficient (Wildman–Crippen LogP) is 3.29. The van der Waals surface area contributed by atoms with Crippen LogP contribution in [0.1, 0.15) is 25.7 Å². The Morgan fingerprint density at radius 2 is 2.17 bits per heavy atom.